The number of aliphatic hydroxyl groups excluding tert-OH is 1. The molecule has 4 heterocycles. The fourth-order valence-electron chi connectivity index (χ4n) is 4.54. The van der Waals surface area contributed by atoms with Crippen LogP contribution < -0.4 is 5.32 Å². The third-order valence-corrected chi connectivity index (χ3v) is 7.27. The number of hydrogen-bond donors (Lipinski definition) is 2. The Morgan fingerprint density at radius 3 is 2.76 bits per heavy atom. The van der Waals surface area contributed by atoms with Crippen LogP contribution in [0.3, 0.4) is 0 Å². The van der Waals surface area contributed by atoms with E-state index in [1.54, 1.807) is 33.3 Å². The molecule has 10 nitrogen and oxygen atoms in total. The predicted octanol–water partition coefficient (Wildman–Crippen LogP) is 4.31. The first-order valence-electron chi connectivity index (χ1n) is 12.4. The van der Waals surface area contributed by atoms with E-state index in [-0.39, 0.29) is 41.5 Å². The van der Waals surface area contributed by atoms with Gasteiger partial charge in [0, 0.05) is 29.9 Å². The van der Waals surface area contributed by atoms with E-state index in [1.807, 2.05) is 6.92 Å². The van der Waals surface area contributed by atoms with Crippen LogP contribution in [0.1, 0.15) is 49.1 Å². The summed E-state index contributed by atoms with van der Waals surface area (Å²) in [5.41, 5.74) is 0.845. The lowest BCUT2D eigenvalue weighted by Gasteiger charge is -2.28. The van der Waals surface area contributed by atoms with Gasteiger partial charge < -0.3 is 15.2 Å². The second kappa shape index (κ2) is 11.5. The number of aliphatic hydroxyl groups is 1. The van der Waals surface area contributed by atoms with E-state index in [1.165, 1.54) is 11.3 Å². The molecule has 13 heteroatoms. The third-order valence-electron chi connectivity index (χ3n) is 6.38. The van der Waals surface area contributed by atoms with Gasteiger partial charge in [-0.05, 0) is 44.7 Å². The molecule has 4 aromatic heterocycles. The minimum atomic E-state index is -0.851. The standard InChI is InChI=1S/C25H27F2N7O3S/c1-2-37-17-5-3-16(4-6-17)34-13-19(23(32-34)22-18(26)7-8-21(27)31-22)29-24(36)20-14-38-25(30-20)15-11-28-33(12-15)9-10-35/h7-8,11-14,16-17,35H,2-6,9-10H2,1H3,(H,29,36). The molecule has 0 atom stereocenters. The number of nitrogens with zero attached hydrogens (tertiary/aromatic N) is 6. The van der Waals surface area contributed by atoms with Crippen molar-refractivity contribution < 1.29 is 23.4 Å². The number of hydrogen-bond acceptors (Lipinski definition) is 8. The van der Waals surface area contributed by atoms with E-state index in [0.29, 0.717) is 23.7 Å². The molecule has 1 amide bonds. The van der Waals surface area contributed by atoms with E-state index < -0.39 is 17.7 Å². The minimum Gasteiger partial charge on any atom is -0.394 e. The summed E-state index contributed by atoms with van der Waals surface area (Å²) in [4.78, 5) is 21.3. The van der Waals surface area contributed by atoms with Crippen molar-refractivity contribution in [3.63, 3.8) is 0 Å². The number of rotatable bonds is 9. The quantitative estimate of drug-likeness (QED) is 0.302. The van der Waals surface area contributed by atoms with Gasteiger partial charge in [-0.3, -0.25) is 14.2 Å². The molecule has 0 radical (unpaired) electrons. The summed E-state index contributed by atoms with van der Waals surface area (Å²) in [5.74, 6) is -2.12. The summed E-state index contributed by atoms with van der Waals surface area (Å²) in [5, 5.41) is 22.7. The number of halogens is 2. The van der Waals surface area contributed by atoms with E-state index >= 15 is 0 Å². The monoisotopic (exact) mass is 543 g/mol. The summed E-state index contributed by atoms with van der Waals surface area (Å²) in [7, 11) is 0. The van der Waals surface area contributed by atoms with Crippen LogP contribution >= 0.6 is 11.3 Å². The highest BCUT2D eigenvalue weighted by atomic mass is 32.1. The zero-order valence-corrected chi connectivity index (χ0v) is 21.5. The van der Waals surface area contributed by atoms with Crippen LogP contribution in [0, 0.1) is 11.8 Å². The Labute approximate surface area is 221 Å². The highest BCUT2D eigenvalue weighted by molar-refractivity contribution is 7.13. The summed E-state index contributed by atoms with van der Waals surface area (Å²) in [6, 6.07) is 1.94. The molecular formula is C25H27F2N7O3S. The van der Waals surface area contributed by atoms with Gasteiger partial charge >= 0.3 is 0 Å². The molecule has 1 aliphatic carbocycles. The van der Waals surface area contributed by atoms with Crippen LogP contribution in [0.5, 0.6) is 0 Å². The van der Waals surface area contributed by atoms with Crippen LogP contribution in [0.25, 0.3) is 22.0 Å². The number of thiazole rings is 1. The Balaban J connectivity index is 1.40. The Hall–Kier alpha value is -3.55. The molecule has 200 valence electrons. The van der Waals surface area contributed by atoms with Crippen molar-refractivity contribution in [1.82, 2.24) is 29.5 Å². The molecule has 1 fully saturated rings. The first-order valence-corrected chi connectivity index (χ1v) is 13.3. The topological polar surface area (TPSA) is 120 Å². The fourth-order valence-corrected chi connectivity index (χ4v) is 5.31. The van der Waals surface area contributed by atoms with Gasteiger partial charge in [-0.15, -0.1) is 11.3 Å². The second-order valence-corrected chi connectivity index (χ2v) is 9.79. The predicted molar refractivity (Wildman–Crippen MR) is 137 cm³/mol. The van der Waals surface area contributed by atoms with Gasteiger partial charge in [0.2, 0.25) is 5.95 Å². The number of aromatic nitrogens is 6. The van der Waals surface area contributed by atoms with Crippen molar-refractivity contribution in [3.8, 4) is 22.0 Å². The zero-order valence-electron chi connectivity index (χ0n) is 20.7. The third kappa shape index (κ3) is 5.64. The maximum absolute atomic E-state index is 14.7. The van der Waals surface area contributed by atoms with Gasteiger partial charge in [0.15, 0.2) is 5.82 Å². The molecule has 38 heavy (non-hydrogen) atoms. The highest BCUT2D eigenvalue weighted by Gasteiger charge is 2.27. The molecule has 4 aromatic rings. The minimum absolute atomic E-state index is 0.0223. The molecule has 0 spiro atoms. The Morgan fingerprint density at radius 1 is 1.18 bits per heavy atom. The molecule has 0 bridgehead atoms. The first kappa shape index (κ1) is 26.1. The maximum atomic E-state index is 14.7. The van der Waals surface area contributed by atoms with Crippen molar-refractivity contribution in [1.29, 1.82) is 0 Å². The number of anilines is 1. The molecule has 0 aliphatic heterocycles. The van der Waals surface area contributed by atoms with Gasteiger partial charge in [-0.25, -0.2) is 14.4 Å². The molecule has 5 rings (SSSR count). The summed E-state index contributed by atoms with van der Waals surface area (Å²) < 4.78 is 37.6. The number of ether oxygens (including phenoxy) is 1. The smallest absolute Gasteiger partial charge is 0.275 e. The van der Waals surface area contributed by atoms with Crippen molar-refractivity contribution in [3.05, 3.63) is 53.6 Å². The molecule has 0 aromatic carbocycles. The highest BCUT2D eigenvalue weighted by Crippen LogP contribution is 2.34. The maximum Gasteiger partial charge on any atom is 0.275 e. The summed E-state index contributed by atoms with van der Waals surface area (Å²) in [6.45, 7) is 2.93. The van der Waals surface area contributed by atoms with Crippen molar-refractivity contribution in [2.45, 2.75) is 51.3 Å². The molecule has 0 saturated heterocycles. The summed E-state index contributed by atoms with van der Waals surface area (Å²) in [6.07, 6.45) is 8.50. The van der Waals surface area contributed by atoms with Crippen molar-refractivity contribution >= 4 is 22.9 Å². The molecule has 0 unspecified atom stereocenters. The van der Waals surface area contributed by atoms with E-state index in [0.717, 1.165) is 37.8 Å². The number of amides is 1. The SMILES string of the molecule is CCOC1CCC(n2cc(NC(=O)c3csc(-c4cnn(CCO)c4)n3)c(-c3nc(F)ccc3F)n2)CC1. The molecule has 1 saturated carbocycles. The van der Waals surface area contributed by atoms with Gasteiger partial charge in [0.1, 0.15) is 22.1 Å². The number of nitrogens with one attached hydrogen (secondary N) is 1. The lowest BCUT2D eigenvalue weighted by molar-refractivity contribution is 0.0260. The Morgan fingerprint density at radius 2 is 2.00 bits per heavy atom. The van der Waals surface area contributed by atoms with Gasteiger partial charge in [-0.1, -0.05) is 0 Å². The first-order chi connectivity index (χ1) is 18.4. The van der Waals surface area contributed by atoms with E-state index in [9.17, 15) is 13.6 Å². The lowest BCUT2D eigenvalue weighted by atomic mass is 9.93. The van der Waals surface area contributed by atoms with Crippen molar-refractivity contribution in [2.75, 3.05) is 18.5 Å². The summed E-state index contributed by atoms with van der Waals surface area (Å²) >= 11 is 1.27. The zero-order chi connectivity index (χ0) is 26.6. The fraction of sp³-hybridized carbons (Fsp3) is 0.400. The lowest BCUT2D eigenvalue weighted by Crippen LogP contribution is -2.24. The van der Waals surface area contributed by atoms with Gasteiger partial charge in [-0.2, -0.15) is 14.6 Å². The van der Waals surface area contributed by atoms with Gasteiger partial charge in [0.05, 0.1) is 37.2 Å². The van der Waals surface area contributed by atoms with Crippen LogP contribution in [0.4, 0.5) is 14.5 Å². The largest absolute Gasteiger partial charge is 0.394 e. The van der Waals surface area contributed by atoms with Gasteiger partial charge in [0.25, 0.3) is 5.91 Å². The average molecular weight is 544 g/mol. The number of carbonyl (C=O) groups is 1. The Bertz CT molecular complexity index is 1410. The van der Waals surface area contributed by atoms with E-state index in [2.05, 4.69) is 25.5 Å². The molecule has 1 aliphatic rings. The number of pyridine rings is 1. The normalized spacial score (nSPS) is 17.6. The van der Waals surface area contributed by atoms with Crippen LogP contribution in [-0.4, -0.2) is 59.9 Å². The van der Waals surface area contributed by atoms with E-state index in [4.69, 9.17) is 9.84 Å². The van der Waals surface area contributed by atoms with Crippen LogP contribution in [-0.2, 0) is 11.3 Å². The second-order valence-electron chi connectivity index (χ2n) is 8.93. The molecule has 2 N–H and O–H groups in total. The van der Waals surface area contributed by atoms with Crippen LogP contribution in [0.15, 0.2) is 36.1 Å². The Kier molecular flexibility index (Phi) is 7.86. The number of carbonyl (C=O) groups excluding carboxylic acids is 1. The average Bonchev–Trinajstić information content (AvgIpc) is 3.66. The van der Waals surface area contributed by atoms with Crippen molar-refractivity contribution in [2.24, 2.45) is 0 Å². The molecular weight excluding hydrogens is 516 g/mol. The van der Waals surface area contributed by atoms with Crippen LogP contribution in [0.2, 0.25) is 0 Å².